The third-order valence-corrected chi connectivity index (χ3v) is 6.90. The SMILES string of the molecule is CCOC(=O)C1=C(CSc2nc3ccccc3n2CCOC)NC(=O)N[C@H]1c1cccs1. The molecule has 2 amide bonds. The molecule has 0 bridgehead atoms. The van der Waals surface area contributed by atoms with Gasteiger partial charge in [0.1, 0.15) is 0 Å². The van der Waals surface area contributed by atoms with E-state index in [1.54, 1.807) is 14.0 Å². The Balaban J connectivity index is 1.68. The van der Waals surface area contributed by atoms with Gasteiger partial charge in [-0.15, -0.1) is 11.3 Å². The number of esters is 1. The summed E-state index contributed by atoms with van der Waals surface area (Å²) < 4.78 is 12.7. The molecule has 1 aliphatic heterocycles. The molecule has 0 aliphatic carbocycles. The van der Waals surface area contributed by atoms with Crippen LogP contribution in [0.4, 0.5) is 4.79 Å². The van der Waals surface area contributed by atoms with Crippen molar-refractivity contribution in [3.63, 3.8) is 0 Å². The number of carbonyl (C=O) groups excluding carboxylic acids is 2. The van der Waals surface area contributed by atoms with Crippen molar-refractivity contribution >= 4 is 46.1 Å². The summed E-state index contributed by atoms with van der Waals surface area (Å²) in [7, 11) is 1.66. The summed E-state index contributed by atoms with van der Waals surface area (Å²) in [5.74, 6) is -0.0818. The van der Waals surface area contributed by atoms with Gasteiger partial charge in [0.05, 0.1) is 35.9 Å². The van der Waals surface area contributed by atoms with Gasteiger partial charge >= 0.3 is 12.0 Å². The van der Waals surface area contributed by atoms with Gasteiger partial charge in [0.25, 0.3) is 0 Å². The lowest BCUT2D eigenvalue weighted by molar-refractivity contribution is -0.139. The zero-order valence-corrected chi connectivity index (χ0v) is 19.4. The number of ether oxygens (including phenoxy) is 2. The average Bonchev–Trinajstić information content (AvgIpc) is 3.44. The molecule has 0 radical (unpaired) electrons. The first kappa shape index (κ1) is 22.4. The van der Waals surface area contributed by atoms with Crippen LogP contribution in [0.3, 0.4) is 0 Å². The van der Waals surface area contributed by atoms with Gasteiger partial charge in [-0.25, -0.2) is 14.6 Å². The maximum Gasteiger partial charge on any atom is 0.338 e. The first-order valence-corrected chi connectivity index (χ1v) is 12.1. The number of hydrogen-bond acceptors (Lipinski definition) is 7. The van der Waals surface area contributed by atoms with E-state index >= 15 is 0 Å². The van der Waals surface area contributed by atoms with Crippen molar-refractivity contribution in [1.29, 1.82) is 0 Å². The number of nitrogens with zero attached hydrogens (tertiary/aromatic N) is 2. The normalized spacial score (nSPS) is 16.2. The topological polar surface area (TPSA) is 94.5 Å². The number of carbonyl (C=O) groups is 2. The molecule has 1 atom stereocenters. The number of urea groups is 1. The van der Waals surface area contributed by atoms with Gasteiger partial charge in [-0.1, -0.05) is 30.0 Å². The number of benzene rings is 1. The van der Waals surface area contributed by atoms with Crippen molar-refractivity contribution in [3.8, 4) is 0 Å². The summed E-state index contributed by atoms with van der Waals surface area (Å²) in [5, 5.41) is 8.37. The maximum atomic E-state index is 12.9. The van der Waals surface area contributed by atoms with E-state index in [-0.39, 0.29) is 12.6 Å². The Kier molecular flexibility index (Phi) is 7.13. The number of methoxy groups -OCH3 is 1. The van der Waals surface area contributed by atoms with Gasteiger partial charge in [0.15, 0.2) is 5.16 Å². The number of thiophene rings is 1. The maximum absolute atomic E-state index is 12.9. The molecule has 0 spiro atoms. The van der Waals surface area contributed by atoms with E-state index < -0.39 is 12.0 Å². The molecular weight excluding hydrogens is 448 g/mol. The Morgan fingerprint density at radius 3 is 2.88 bits per heavy atom. The van der Waals surface area contributed by atoms with E-state index in [4.69, 9.17) is 14.5 Å². The van der Waals surface area contributed by atoms with E-state index in [1.165, 1.54) is 23.1 Å². The molecule has 32 heavy (non-hydrogen) atoms. The monoisotopic (exact) mass is 472 g/mol. The number of imidazole rings is 1. The summed E-state index contributed by atoms with van der Waals surface area (Å²) in [5.41, 5.74) is 2.84. The second-order valence-corrected chi connectivity index (χ2v) is 8.90. The molecule has 8 nitrogen and oxygen atoms in total. The van der Waals surface area contributed by atoms with Crippen molar-refractivity contribution in [2.24, 2.45) is 0 Å². The van der Waals surface area contributed by atoms with Gasteiger partial charge in [-0.3, -0.25) is 0 Å². The molecule has 3 aromatic rings. The molecule has 3 heterocycles. The van der Waals surface area contributed by atoms with Crippen LogP contribution >= 0.6 is 23.1 Å². The lowest BCUT2D eigenvalue weighted by atomic mass is 10.0. The third-order valence-electron chi connectivity index (χ3n) is 4.96. The number of hydrogen-bond donors (Lipinski definition) is 2. The number of nitrogens with one attached hydrogen (secondary N) is 2. The van der Waals surface area contributed by atoms with Crippen LogP contribution in [0.25, 0.3) is 11.0 Å². The van der Waals surface area contributed by atoms with E-state index in [0.29, 0.717) is 30.2 Å². The fraction of sp³-hybridized carbons (Fsp3) is 0.318. The minimum atomic E-state index is -0.550. The number of aromatic nitrogens is 2. The summed E-state index contributed by atoms with van der Waals surface area (Å²) in [6.45, 7) is 3.21. The fourth-order valence-corrected chi connectivity index (χ4v) is 5.34. The number of rotatable bonds is 9. The molecule has 0 unspecified atom stereocenters. The van der Waals surface area contributed by atoms with Crippen molar-refractivity contribution < 1.29 is 19.1 Å². The van der Waals surface area contributed by atoms with Gasteiger partial charge in [0.2, 0.25) is 0 Å². The van der Waals surface area contributed by atoms with E-state index in [2.05, 4.69) is 15.2 Å². The van der Waals surface area contributed by atoms with Gasteiger partial charge in [-0.05, 0) is 30.5 Å². The Morgan fingerprint density at radius 2 is 2.12 bits per heavy atom. The number of fused-ring (bicyclic) bond motifs is 1. The molecule has 1 aliphatic rings. The Bertz CT molecular complexity index is 1140. The van der Waals surface area contributed by atoms with Crippen LogP contribution in [0.5, 0.6) is 0 Å². The zero-order chi connectivity index (χ0) is 22.5. The number of amides is 2. The van der Waals surface area contributed by atoms with Crippen LogP contribution in [0.2, 0.25) is 0 Å². The highest BCUT2D eigenvalue weighted by Crippen LogP contribution is 2.33. The van der Waals surface area contributed by atoms with Crippen LogP contribution in [0, 0.1) is 0 Å². The fourth-order valence-electron chi connectivity index (χ4n) is 3.55. The molecule has 2 N–H and O–H groups in total. The van der Waals surface area contributed by atoms with Crippen LogP contribution in [0.15, 0.2) is 58.2 Å². The Labute approximate surface area is 194 Å². The molecule has 10 heteroatoms. The quantitative estimate of drug-likeness (QED) is 0.364. The van der Waals surface area contributed by atoms with E-state index in [0.717, 1.165) is 21.1 Å². The molecule has 0 saturated carbocycles. The van der Waals surface area contributed by atoms with Crippen LogP contribution in [0.1, 0.15) is 17.8 Å². The highest BCUT2D eigenvalue weighted by molar-refractivity contribution is 7.99. The predicted octanol–water partition coefficient (Wildman–Crippen LogP) is 3.71. The summed E-state index contributed by atoms with van der Waals surface area (Å²) >= 11 is 2.94. The lowest BCUT2D eigenvalue weighted by Crippen LogP contribution is -2.46. The highest BCUT2D eigenvalue weighted by Gasteiger charge is 2.34. The minimum absolute atomic E-state index is 0.251. The van der Waals surface area contributed by atoms with Gasteiger partial charge in [-0.2, -0.15) is 0 Å². The van der Waals surface area contributed by atoms with Crippen LogP contribution in [-0.4, -0.2) is 47.6 Å². The smallest absolute Gasteiger partial charge is 0.338 e. The Hall–Kier alpha value is -2.82. The summed E-state index contributed by atoms with van der Waals surface area (Å²) in [6, 6.07) is 10.8. The molecule has 0 saturated heterocycles. The lowest BCUT2D eigenvalue weighted by Gasteiger charge is -2.28. The first-order chi connectivity index (χ1) is 15.6. The summed E-state index contributed by atoms with van der Waals surface area (Å²) in [4.78, 5) is 30.9. The molecule has 4 rings (SSSR count). The molecule has 2 aromatic heterocycles. The highest BCUT2D eigenvalue weighted by atomic mass is 32.2. The van der Waals surface area contributed by atoms with Crippen molar-refractivity contribution in [3.05, 3.63) is 57.9 Å². The predicted molar refractivity (Wildman–Crippen MR) is 125 cm³/mol. The van der Waals surface area contributed by atoms with E-state index in [9.17, 15) is 9.59 Å². The molecule has 0 fully saturated rings. The summed E-state index contributed by atoms with van der Waals surface area (Å²) in [6.07, 6.45) is 0. The second kappa shape index (κ2) is 10.2. The second-order valence-electron chi connectivity index (χ2n) is 6.98. The largest absolute Gasteiger partial charge is 0.463 e. The minimum Gasteiger partial charge on any atom is -0.463 e. The van der Waals surface area contributed by atoms with Crippen molar-refractivity contribution in [2.45, 2.75) is 24.7 Å². The Morgan fingerprint density at radius 1 is 1.28 bits per heavy atom. The third kappa shape index (κ3) is 4.67. The number of para-hydroxylation sites is 2. The van der Waals surface area contributed by atoms with E-state index in [1.807, 2.05) is 41.8 Å². The van der Waals surface area contributed by atoms with Crippen LogP contribution < -0.4 is 10.6 Å². The average molecular weight is 473 g/mol. The van der Waals surface area contributed by atoms with Gasteiger partial charge in [0, 0.05) is 30.0 Å². The van der Waals surface area contributed by atoms with Gasteiger partial charge < -0.3 is 24.7 Å². The van der Waals surface area contributed by atoms with Crippen LogP contribution in [-0.2, 0) is 20.8 Å². The number of thioether (sulfide) groups is 1. The molecular formula is C22H24N4O4S2. The molecule has 168 valence electrons. The van der Waals surface area contributed by atoms with Crippen molar-refractivity contribution in [1.82, 2.24) is 20.2 Å². The van der Waals surface area contributed by atoms with Crippen molar-refractivity contribution in [2.75, 3.05) is 26.1 Å². The standard InChI is InChI=1S/C22H24N4O4S2/c1-3-30-20(27)18-15(23-21(28)25-19(18)17-9-6-12-31-17)13-32-22-24-14-7-4-5-8-16(14)26(22)10-11-29-2/h4-9,12,19H,3,10-11,13H2,1-2H3,(H2,23,25,28)/t19-/m0/s1. The molecule has 1 aromatic carbocycles. The zero-order valence-electron chi connectivity index (χ0n) is 17.8. The first-order valence-electron chi connectivity index (χ1n) is 10.2.